The van der Waals surface area contributed by atoms with Crippen LogP contribution in [0.4, 0.5) is 4.39 Å². The van der Waals surface area contributed by atoms with Crippen LogP contribution in [-0.2, 0) is 13.0 Å². The van der Waals surface area contributed by atoms with Crippen LogP contribution in [0.15, 0.2) is 18.2 Å². The van der Waals surface area contributed by atoms with Gasteiger partial charge in [-0.1, -0.05) is 0 Å². The van der Waals surface area contributed by atoms with E-state index in [1.165, 1.54) is 0 Å². The van der Waals surface area contributed by atoms with Crippen LogP contribution in [-0.4, -0.2) is 40.7 Å². The first-order chi connectivity index (χ1) is 12.6. The highest BCUT2D eigenvalue weighted by Crippen LogP contribution is 2.26. The van der Waals surface area contributed by atoms with E-state index in [-0.39, 0.29) is 11.9 Å². The zero-order valence-corrected chi connectivity index (χ0v) is 15.3. The zero-order chi connectivity index (χ0) is 18.1. The van der Waals surface area contributed by atoms with Crippen LogP contribution in [0.1, 0.15) is 35.5 Å². The molecule has 0 N–H and O–H groups in total. The van der Waals surface area contributed by atoms with E-state index in [9.17, 15) is 4.39 Å². The lowest BCUT2D eigenvalue weighted by Gasteiger charge is -2.32. The molecule has 2 aliphatic heterocycles. The van der Waals surface area contributed by atoms with Gasteiger partial charge in [0.2, 0.25) is 5.88 Å². The molecule has 0 aromatic carbocycles. The first-order valence-corrected chi connectivity index (χ1v) is 9.22. The Kier molecular flexibility index (Phi) is 4.76. The van der Waals surface area contributed by atoms with Crippen LogP contribution in [0.25, 0.3) is 0 Å². The Morgan fingerprint density at radius 2 is 1.88 bits per heavy atom. The molecule has 0 amide bonds. The number of pyridine rings is 2. The van der Waals surface area contributed by atoms with Crippen molar-refractivity contribution in [2.24, 2.45) is 0 Å². The van der Waals surface area contributed by atoms with Crippen molar-refractivity contribution in [2.45, 2.75) is 45.8 Å². The summed E-state index contributed by atoms with van der Waals surface area (Å²) in [6, 6.07) is 5.53. The molecule has 1 fully saturated rings. The molecule has 0 spiro atoms. The number of hydrogen-bond acceptors (Lipinski definition) is 5. The third-order valence-electron chi connectivity index (χ3n) is 4.96. The molecule has 0 saturated carbocycles. The van der Waals surface area contributed by atoms with E-state index in [0.717, 1.165) is 55.1 Å². The van der Waals surface area contributed by atoms with Gasteiger partial charge in [-0.25, -0.2) is 9.37 Å². The van der Waals surface area contributed by atoms with E-state index in [0.29, 0.717) is 24.7 Å². The average Bonchev–Trinajstić information content (AvgIpc) is 3.03. The minimum absolute atomic E-state index is 0.189. The number of fused-ring (bicyclic) bond motifs is 1. The smallest absolute Gasteiger partial charge is 0.217 e. The summed E-state index contributed by atoms with van der Waals surface area (Å²) in [6.07, 6.45) is 2.78. The first kappa shape index (κ1) is 17.2. The molecule has 0 atom stereocenters. The van der Waals surface area contributed by atoms with Crippen LogP contribution in [0.3, 0.4) is 0 Å². The molecule has 2 aliphatic rings. The number of ether oxygens (including phenoxy) is 2. The summed E-state index contributed by atoms with van der Waals surface area (Å²) in [4.78, 5) is 11.0. The molecule has 0 aliphatic carbocycles. The van der Waals surface area contributed by atoms with E-state index in [4.69, 9.17) is 9.47 Å². The van der Waals surface area contributed by atoms with Gasteiger partial charge in [-0.05, 0) is 32.8 Å². The highest BCUT2D eigenvalue weighted by atomic mass is 19.1. The number of aromatic nitrogens is 2. The van der Waals surface area contributed by atoms with E-state index in [2.05, 4.69) is 14.9 Å². The van der Waals surface area contributed by atoms with Gasteiger partial charge in [0.05, 0.1) is 12.3 Å². The Labute approximate surface area is 153 Å². The van der Waals surface area contributed by atoms with Gasteiger partial charge in [0.25, 0.3) is 0 Å². The van der Waals surface area contributed by atoms with Gasteiger partial charge in [0.1, 0.15) is 17.7 Å². The maximum atomic E-state index is 14.3. The van der Waals surface area contributed by atoms with E-state index < -0.39 is 0 Å². The molecule has 0 unspecified atom stereocenters. The van der Waals surface area contributed by atoms with Crippen molar-refractivity contribution in [2.75, 3.05) is 19.7 Å². The minimum atomic E-state index is -0.227. The van der Waals surface area contributed by atoms with E-state index >= 15 is 0 Å². The fourth-order valence-electron chi connectivity index (χ4n) is 3.67. The zero-order valence-electron chi connectivity index (χ0n) is 15.3. The fraction of sp³-hybridized carbons (Fsp3) is 0.500. The lowest BCUT2D eigenvalue weighted by molar-refractivity contribution is 0.0951. The third-order valence-corrected chi connectivity index (χ3v) is 4.96. The monoisotopic (exact) mass is 357 g/mol. The van der Waals surface area contributed by atoms with Crippen LogP contribution in [0.2, 0.25) is 0 Å². The highest BCUT2D eigenvalue weighted by Gasteiger charge is 2.24. The predicted octanol–water partition coefficient (Wildman–Crippen LogP) is 3.21. The molecule has 138 valence electrons. The van der Waals surface area contributed by atoms with Gasteiger partial charge in [-0.3, -0.25) is 9.88 Å². The molecule has 2 aromatic heterocycles. The summed E-state index contributed by atoms with van der Waals surface area (Å²) in [6.45, 7) is 6.80. The Balaban J connectivity index is 1.34. The summed E-state index contributed by atoms with van der Waals surface area (Å²) in [5, 5.41) is 0. The summed E-state index contributed by atoms with van der Waals surface area (Å²) in [7, 11) is 0. The molecule has 2 aromatic rings. The maximum Gasteiger partial charge on any atom is 0.217 e. The lowest BCUT2D eigenvalue weighted by atomic mass is 10.1. The summed E-state index contributed by atoms with van der Waals surface area (Å²) < 4.78 is 25.9. The highest BCUT2D eigenvalue weighted by molar-refractivity contribution is 5.32. The van der Waals surface area contributed by atoms with Crippen molar-refractivity contribution in [3.05, 3.63) is 46.7 Å². The fourth-order valence-corrected chi connectivity index (χ4v) is 3.67. The minimum Gasteiger partial charge on any atom is -0.490 e. The number of hydrogen-bond donors (Lipinski definition) is 0. The molecule has 4 heterocycles. The van der Waals surface area contributed by atoms with Gasteiger partial charge in [-0.2, -0.15) is 0 Å². The van der Waals surface area contributed by atoms with Gasteiger partial charge < -0.3 is 9.47 Å². The number of halogens is 1. The summed E-state index contributed by atoms with van der Waals surface area (Å²) >= 11 is 0. The SMILES string of the molecule is Cc1cc(OC2CCN(Cc3nc4c(cc3F)CCO4)CC2)cc(C)n1. The molecule has 26 heavy (non-hydrogen) atoms. The predicted molar refractivity (Wildman–Crippen MR) is 96.0 cm³/mol. The Bertz CT molecular complexity index is 784. The quantitative estimate of drug-likeness (QED) is 0.841. The van der Waals surface area contributed by atoms with Crippen LogP contribution in [0.5, 0.6) is 11.6 Å². The molecule has 0 radical (unpaired) electrons. The van der Waals surface area contributed by atoms with Crippen molar-refractivity contribution in [1.82, 2.24) is 14.9 Å². The molecule has 0 bridgehead atoms. The standard InChI is InChI=1S/C20H24FN3O2/c1-13-9-17(10-14(2)22-13)26-16-3-6-24(7-4-16)12-19-18(21)11-15-5-8-25-20(15)23-19/h9-11,16H,3-8,12H2,1-2H3. The van der Waals surface area contributed by atoms with E-state index in [1.807, 2.05) is 26.0 Å². The molecular weight excluding hydrogens is 333 g/mol. The molecule has 4 rings (SSSR count). The van der Waals surface area contributed by atoms with Gasteiger partial charge in [0.15, 0.2) is 0 Å². The number of aryl methyl sites for hydroxylation is 2. The van der Waals surface area contributed by atoms with Gasteiger partial charge in [-0.15, -0.1) is 0 Å². The topological polar surface area (TPSA) is 47.5 Å². The van der Waals surface area contributed by atoms with Crippen molar-refractivity contribution in [3.63, 3.8) is 0 Å². The Hall–Kier alpha value is -2.21. The first-order valence-electron chi connectivity index (χ1n) is 9.22. The lowest BCUT2D eigenvalue weighted by Crippen LogP contribution is -2.38. The largest absolute Gasteiger partial charge is 0.490 e. The van der Waals surface area contributed by atoms with Gasteiger partial charge >= 0.3 is 0 Å². The molecular formula is C20H24FN3O2. The van der Waals surface area contributed by atoms with Gasteiger partial charge in [0, 0.05) is 55.1 Å². The second-order valence-corrected chi connectivity index (χ2v) is 7.16. The normalized spacial score (nSPS) is 17.8. The number of likely N-dealkylation sites (tertiary alicyclic amines) is 1. The molecule has 6 heteroatoms. The van der Waals surface area contributed by atoms with E-state index in [1.54, 1.807) is 6.07 Å². The van der Waals surface area contributed by atoms with Crippen molar-refractivity contribution >= 4 is 0 Å². The maximum absolute atomic E-state index is 14.3. The Morgan fingerprint density at radius 3 is 2.62 bits per heavy atom. The van der Waals surface area contributed by atoms with Crippen LogP contribution in [0, 0.1) is 19.7 Å². The summed E-state index contributed by atoms with van der Waals surface area (Å²) in [5.41, 5.74) is 3.29. The third kappa shape index (κ3) is 3.80. The molecule has 5 nitrogen and oxygen atoms in total. The Morgan fingerprint density at radius 1 is 1.15 bits per heavy atom. The molecule has 1 saturated heterocycles. The number of nitrogens with zero attached hydrogens (tertiary/aromatic N) is 3. The number of piperidine rings is 1. The van der Waals surface area contributed by atoms with Crippen molar-refractivity contribution < 1.29 is 13.9 Å². The summed E-state index contributed by atoms with van der Waals surface area (Å²) in [5.74, 6) is 1.26. The van der Waals surface area contributed by atoms with Crippen LogP contribution >= 0.6 is 0 Å². The van der Waals surface area contributed by atoms with Crippen molar-refractivity contribution in [3.8, 4) is 11.6 Å². The van der Waals surface area contributed by atoms with Crippen molar-refractivity contribution in [1.29, 1.82) is 0 Å². The number of rotatable bonds is 4. The second-order valence-electron chi connectivity index (χ2n) is 7.16. The average molecular weight is 357 g/mol. The second kappa shape index (κ2) is 7.19. The van der Waals surface area contributed by atoms with Crippen LogP contribution < -0.4 is 9.47 Å².